The Morgan fingerprint density at radius 1 is 1.33 bits per heavy atom. The van der Waals surface area contributed by atoms with Crippen LogP contribution in [0.5, 0.6) is 0 Å². The first-order valence-electron chi connectivity index (χ1n) is 6.82. The predicted molar refractivity (Wildman–Crippen MR) is 82.2 cm³/mol. The molecule has 2 aromatic rings. The molecule has 0 radical (unpaired) electrons. The lowest BCUT2D eigenvalue weighted by atomic mass is 10.1. The van der Waals surface area contributed by atoms with Gasteiger partial charge in [-0.1, -0.05) is 12.1 Å². The van der Waals surface area contributed by atoms with Gasteiger partial charge in [0.1, 0.15) is 5.82 Å². The average molecular weight is 306 g/mol. The topological polar surface area (TPSA) is 67.2 Å². The van der Waals surface area contributed by atoms with Gasteiger partial charge in [-0.05, 0) is 18.6 Å². The average Bonchev–Trinajstić information content (AvgIpc) is 3.00. The molecular formula is C14H18N4O2S. The maximum Gasteiger partial charge on any atom is 0.301 e. The molecule has 0 bridgehead atoms. The molecule has 112 valence electrons. The van der Waals surface area contributed by atoms with Crippen LogP contribution in [0.25, 0.3) is 11.3 Å². The molecule has 1 aliphatic heterocycles. The van der Waals surface area contributed by atoms with Gasteiger partial charge in [0.25, 0.3) is 0 Å². The van der Waals surface area contributed by atoms with Crippen LogP contribution in [0.3, 0.4) is 0 Å². The Hall–Kier alpha value is -1.86. The zero-order valence-corrected chi connectivity index (χ0v) is 12.9. The van der Waals surface area contributed by atoms with Crippen molar-refractivity contribution in [3.8, 4) is 11.3 Å². The Balaban J connectivity index is 1.94. The number of aromatic nitrogens is 2. The van der Waals surface area contributed by atoms with Gasteiger partial charge in [-0.15, -0.1) is 0 Å². The zero-order valence-electron chi connectivity index (χ0n) is 12.1. The SMILES string of the molecule is CN(C)S(=O)(=O)Nc1cccc(-c2cnc3n2CCC3)c1. The molecule has 0 aliphatic carbocycles. The maximum absolute atomic E-state index is 11.9. The van der Waals surface area contributed by atoms with Crippen LogP contribution >= 0.6 is 0 Å². The predicted octanol–water partition coefficient (Wildman–Crippen LogP) is 1.71. The van der Waals surface area contributed by atoms with E-state index in [4.69, 9.17) is 0 Å². The van der Waals surface area contributed by atoms with E-state index < -0.39 is 10.2 Å². The second-order valence-corrected chi connectivity index (χ2v) is 7.17. The molecule has 0 amide bonds. The monoisotopic (exact) mass is 306 g/mol. The third-order valence-electron chi connectivity index (χ3n) is 3.61. The Bertz CT molecular complexity index is 765. The molecule has 0 fully saturated rings. The molecule has 1 aliphatic rings. The van der Waals surface area contributed by atoms with Crippen molar-refractivity contribution in [3.05, 3.63) is 36.3 Å². The van der Waals surface area contributed by atoms with E-state index in [1.165, 1.54) is 14.1 Å². The third-order valence-corrected chi connectivity index (χ3v) is 5.06. The summed E-state index contributed by atoms with van der Waals surface area (Å²) in [7, 11) is -0.495. The van der Waals surface area contributed by atoms with Crippen LogP contribution in [0.1, 0.15) is 12.2 Å². The lowest BCUT2D eigenvalue weighted by Crippen LogP contribution is -2.28. The van der Waals surface area contributed by atoms with E-state index in [2.05, 4.69) is 14.3 Å². The minimum Gasteiger partial charge on any atom is -0.328 e. The van der Waals surface area contributed by atoms with Crippen molar-refractivity contribution >= 4 is 15.9 Å². The molecule has 3 rings (SSSR count). The number of anilines is 1. The highest BCUT2D eigenvalue weighted by Crippen LogP contribution is 2.27. The van der Waals surface area contributed by atoms with Gasteiger partial charge < -0.3 is 4.57 Å². The van der Waals surface area contributed by atoms with Crippen molar-refractivity contribution in [2.45, 2.75) is 19.4 Å². The quantitative estimate of drug-likeness (QED) is 0.935. The number of benzene rings is 1. The van der Waals surface area contributed by atoms with Crippen LogP contribution in [-0.2, 0) is 23.2 Å². The van der Waals surface area contributed by atoms with Gasteiger partial charge in [0.05, 0.1) is 17.6 Å². The summed E-state index contributed by atoms with van der Waals surface area (Å²) in [4.78, 5) is 4.42. The molecule has 0 unspecified atom stereocenters. The molecule has 0 atom stereocenters. The van der Waals surface area contributed by atoms with E-state index >= 15 is 0 Å². The van der Waals surface area contributed by atoms with Gasteiger partial charge >= 0.3 is 10.2 Å². The summed E-state index contributed by atoms with van der Waals surface area (Å²) in [5.41, 5.74) is 2.55. The molecular weight excluding hydrogens is 288 g/mol. The number of rotatable bonds is 4. The first-order chi connectivity index (χ1) is 9.97. The summed E-state index contributed by atoms with van der Waals surface area (Å²) in [6.45, 7) is 0.971. The standard InChI is InChI=1S/C14H18N4O2S/c1-17(2)21(19,20)16-12-6-3-5-11(9-12)13-10-15-14-7-4-8-18(13)14/h3,5-6,9-10,16H,4,7-8H2,1-2H3. The van der Waals surface area contributed by atoms with Crippen LogP contribution in [0.4, 0.5) is 5.69 Å². The molecule has 2 heterocycles. The Labute approximate surface area is 124 Å². The first-order valence-corrected chi connectivity index (χ1v) is 8.26. The fraction of sp³-hybridized carbons (Fsp3) is 0.357. The number of imidazole rings is 1. The molecule has 1 aromatic heterocycles. The fourth-order valence-electron chi connectivity index (χ4n) is 2.47. The van der Waals surface area contributed by atoms with Gasteiger partial charge in [-0.3, -0.25) is 4.72 Å². The Morgan fingerprint density at radius 2 is 2.14 bits per heavy atom. The van der Waals surface area contributed by atoms with Gasteiger partial charge in [-0.2, -0.15) is 12.7 Å². The van der Waals surface area contributed by atoms with E-state index in [1.807, 2.05) is 24.4 Å². The minimum atomic E-state index is -3.49. The normalized spacial score (nSPS) is 14.4. The number of hydrogen-bond acceptors (Lipinski definition) is 3. The van der Waals surface area contributed by atoms with E-state index in [0.29, 0.717) is 5.69 Å². The van der Waals surface area contributed by atoms with Crippen molar-refractivity contribution in [3.63, 3.8) is 0 Å². The Morgan fingerprint density at radius 3 is 2.90 bits per heavy atom. The summed E-state index contributed by atoms with van der Waals surface area (Å²) in [5.74, 6) is 1.10. The summed E-state index contributed by atoms with van der Waals surface area (Å²) in [5, 5.41) is 0. The third kappa shape index (κ3) is 2.66. The van der Waals surface area contributed by atoms with Crippen LogP contribution in [0, 0.1) is 0 Å². The number of nitrogens with zero attached hydrogens (tertiary/aromatic N) is 3. The Kier molecular flexibility index (Phi) is 3.46. The number of aryl methyl sites for hydroxylation is 1. The minimum absolute atomic E-state index is 0.551. The summed E-state index contributed by atoms with van der Waals surface area (Å²) >= 11 is 0. The molecule has 7 heteroatoms. The molecule has 21 heavy (non-hydrogen) atoms. The van der Waals surface area contributed by atoms with E-state index in [1.54, 1.807) is 6.07 Å². The van der Waals surface area contributed by atoms with Crippen LogP contribution < -0.4 is 4.72 Å². The fourth-order valence-corrected chi connectivity index (χ4v) is 3.08. The van der Waals surface area contributed by atoms with Crippen molar-refractivity contribution in [2.75, 3.05) is 18.8 Å². The van der Waals surface area contributed by atoms with Gasteiger partial charge in [0.2, 0.25) is 0 Å². The van der Waals surface area contributed by atoms with Gasteiger partial charge in [-0.25, -0.2) is 4.98 Å². The lowest BCUT2D eigenvalue weighted by Gasteiger charge is -2.14. The molecule has 1 aromatic carbocycles. The highest BCUT2D eigenvalue weighted by molar-refractivity contribution is 7.90. The summed E-state index contributed by atoms with van der Waals surface area (Å²) < 4.78 is 29.7. The highest BCUT2D eigenvalue weighted by atomic mass is 32.2. The molecule has 1 N–H and O–H groups in total. The summed E-state index contributed by atoms with van der Waals surface area (Å²) in [6, 6.07) is 7.39. The highest BCUT2D eigenvalue weighted by Gasteiger charge is 2.17. The lowest BCUT2D eigenvalue weighted by molar-refractivity contribution is 0.527. The van der Waals surface area contributed by atoms with Crippen LogP contribution in [-0.4, -0.2) is 36.4 Å². The van der Waals surface area contributed by atoms with Crippen molar-refractivity contribution in [1.82, 2.24) is 13.9 Å². The van der Waals surface area contributed by atoms with Crippen LogP contribution in [0.2, 0.25) is 0 Å². The molecule has 0 spiro atoms. The smallest absolute Gasteiger partial charge is 0.301 e. The molecule has 0 saturated heterocycles. The number of fused-ring (bicyclic) bond motifs is 1. The second-order valence-electron chi connectivity index (χ2n) is 5.29. The van der Waals surface area contributed by atoms with Crippen molar-refractivity contribution in [1.29, 1.82) is 0 Å². The van der Waals surface area contributed by atoms with E-state index in [-0.39, 0.29) is 0 Å². The number of hydrogen-bond donors (Lipinski definition) is 1. The van der Waals surface area contributed by atoms with Gasteiger partial charge in [0.15, 0.2) is 0 Å². The second kappa shape index (κ2) is 5.16. The zero-order chi connectivity index (χ0) is 15.0. The van der Waals surface area contributed by atoms with E-state index in [0.717, 1.165) is 40.8 Å². The maximum atomic E-state index is 11.9. The van der Waals surface area contributed by atoms with E-state index in [9.17, 15) is 8.42 Å². The largest absolute Gasteiger partial charge is 0.328 e. The number of nitrogens with one attached hydrogen (secondary N) is 1. The van der Waals surface area contributed by atoms with Crippen molar-refractivity contribution in [2.24, 2.45) is 0 Å². The summed E-state index contributed by atoms with van der Waals surface area (Å²) in [6.07, 6.45) is 3.98. The first kappa shape index (κ1) is 14.1. The van der Waals surface area contributed by atoms with Crippen molar-refractivity contribution < 1.29 is 8.42 Å². The molecule has 0 saturated carbocycles. The molecule has 6 nitrogen and oxygen atoms in total. The van der Waals surface area contributed by atoms with Crippen LogP contribution in [0.15, 0.2) is 30.5 Å². The van der Waals surface area contributed by atoms with Gasteiger partial charge in [0, 0.05) is 32.6 Å².